The zero-order valence-corrected chi connectivity index (χ0v) is 12.3. The standard InChI is InChI=1S/C17H20N2O2/c1-3-16(13-9-11-15(21-2)12-10-13)19-17(20)18-14-7-5-4-6-8-14/h4-12,16H,3H2,1-2H3,(H2,18,19,20)/t16-/m0/s1. The average molecular weight is 284 g/mol. The van der Waals surface area contributed by atoms with E-state index in [0.717, 1.165) is 23.4 Å². The molecule has 1 atom stereocenters. The Bertz CT molecular complexity index is 567. The second-order valence-corrected chi connectivity index (χ2v) is 4.70. The van der Waals surface area contributed by atoms with Crippen molar-refractivity contribution in [3.05, 3.63) is 60.2 Å². The molecule has 0 aliphatic heterocycles. The summed E-state index contributed by atoms with van der Waals surface area (Å²) in [5.74, 6) is 0.808. The number of methoxy groups -OCH3 is 1. The van der Waals surface area contributed by atoms with Crippen LogP contribution in [0.25, 0.3) is 0 Å². The molecule has 0 unspecified atom stereocenters. The summed E-state index contributed by atoms with van der Waals surface area (Å²) >= 11 is 0. The van der Waals surface area contributed by atoms with Crippen LogP contribution in [0, 0.1) is 0 Å². The van der Waals surface area contributed by atoms with Gasteiger partial charge in [0, 0.05) is 5.69 Å². The highest BCUT2D eigenvalue weighted by molar-refractivity contribution is 5.89. The molecule has 4 nitrogen and oxygen atoms in total. The van der Waals surface area contributed by atoms with E-state index >= 15 is 0 Å². The van der Waals surface area contributed by atoms with Crippen LogP contribution in [-0.4, -0.2) is 13.1 Å². The molecule has 0 saturated heterocycles. The highest BCUT2D eigenvalue weighted by Crippen LogP contribution is 2.20. The molecule has 0 aliphatic rings. The minimum Gasteiger partial charge on any atom is -0.497 e. The zero-order valence-electron chi connectivity index (χ0n) is 12.3. The predicted octanol–water partition coefficient (Wildman–Crippen LogP) is 3.97. The number of ether oxygens (including phenoxy) is 1. The van der Waals surface area contributed by atoms with E-state index < -0.39 is 0 Å². The van der Waals surface area contributed by atoms with E-state index in [9.17, 15) is 4.79 Å². The molecule has 21 heavy (non-hydrogen) atoms. The van der Waals surface area contributed by atoms with Crippen LogP contribution in [0.2, 0.25) is 0 Å². The summed E-state index contributed by atoms with van der Waals surface area (Å²) in [4.78, 5) is 12.0. The molecule has 0 saturated carbocycles. The smallest absolute Gasteiger partial charge is 0.319 e. The maximum atomic E-state index is 12.0. The molecule has 110 valence electrons. The summed E-state index contributed by atoms with van der Waals surface area (Å²) in [5.41, 5.74) is 1.83. The minimum absolute atomic E-state index is 0.0281. The number of benzene rings is 2. The molecule has 0 spiro atoms. The SMILES string of the molecule is CC[C@H](NC(=O)Nc1ccccc1)c1ccc(OC)cc1. The van der Waals surface area contributed by atoms with Crippen LogP contribution in [0.15, 0.2) is 54.6 Å². The number of carbonyl (C=O) groups excluding carboxylic acids is 1. The van der Waals surface area contributed by atoms with Crippen molar-refractivity contribution in [2.75, 3.05) is 12.4 Å². The van der Waals surface area contributed by atoms with E-state index in [1.165, 1.54) is 0 Å². The lowest BCUT2D eigenvalue weighted by Gasteiger charge is -2.18. The van der Waals surface area contributed by atoms with Gasteiger partial charge in [0.2, 0.25) is 0 Å². The van der Waals surface area contributed by atoms with E-state index in [0.29, 0.717) is 0 Å². The van der Waals surface area contributed by atoms with Gasteiger partial charge in [-0.1, -0.05) is 37.3 Å². The van der Waals surface area contributed by atoms with Gasteiger partial charge in [-0.2, -0.15) is 0 Å². The summed E-state index contributed by atoms with van der Waals surface area (Å²) in [6, 6.07) is 16.9. The van der Waals surface area contributed by atoms with Gasteiger partial charge in [0.15, 0.2) is 0 Å². The van der Waals surface area contributed by atoms with Crippen molar-refractivity contribution in [3.8, 4) is 5.75 Å². The van der Waals surface area contributed by atoms with Crippen LogP contribution in [0.5, 0.6) is 5.75 Å². The van der Waals surface area contributed by atoms with Gasteiger partial charge in [-0.25, -0.2) is 4.79 Å². The van der Waals surface area contributed by atoms with Crippen molar-refractivity contribution in [2.45, 2.75) is 19.4 Å². The Morgan fingerprint density at radius 3 is 2.33 bits per heavy atom. The number of amides is 2. The van der Waals surface area contributed by atoms with Crippen molar-refractivity contribution >= 4 is 11.7 Å². The third kappa shape index (κ3) is 4.24. The number of urea groups is 1. The monoisotopic (exact) mass is 284 g/mol. The lowest BCUT2D eigenvalue weighted by Crippen LogP contribution is -2.32. The van der Waals surface area contributed by atoms with Crippen molar-refractivity contribution in [2.24, 2.45) is 0 Å². The van der Waals surface area contributed by atoms with Crippen LogP contribution in [0.1, 0.15) is 24.9 Å². The first kappa shape index (κ1) is 14.9. The zero-order chi connectivity index (χ0) is 15.1. The van der Waals surface area contributed by atoms with E-state index in [-0.39, 0.29) is 12.1 Å². The molecule has 2 aromatic carbocycles. The van der Waals surface area contributed by atoms with Gasteiger partial charge in [0.1, 0.15) is 5.75 Å². The van der Waals surface area contributed by atoms with Crippen molar-refractivity contribution < 1.29 is 9.53 Å². The number of para-hydroxylation sites is 1. The largest absolute Gasteiger partial charge is 0.497 e. The summed E-state index contributed by atoms with van der Waals surface area (Å²) in [7, 11) is 1.64. The number of hydrogen-bond donors (Lipinski definition) is 2. The summed E-state index contributed by atoms with van der Waals surface area (Å²) in [6.07, 6.45) is 0.814. The molecule has 4 heteroatoms. The molecule has 2 aromatic rings. The molecule has 0 bridgehead atoms. The number of hydrogen-bond acceptors (Lipinski definition) is 2. The number of nitrogens with one attached hydrogen (secondary N) is 2. The fourth-order valence-corrected chi connectivity index (χ4v) is 2.10. The Hall–Kier alpha value is -2.49. The van der Waals surface area contributed by atoms with E-state index in [4.69, 9.17) is 4.74 Å². The fourth-order valence-electron chi connectivity index (χ4n) is 2.10. The van der Waals surface area contributed by atoms with Gasteiger partial charge < -0.3 is 15.4 Å². The fraction of sp³-hybridized carbons (Fsp3) is 0.235. The van der Waals surface area contributed by atoms with Gasteiger partial charge in [0.25, 0.3) is 0 Å². The molecular weight excluding hydrogens is 264 g/mol. The molecular formula is C17H20N2O2. The molecule has 2 rings (SSSR count). The molecule has 0 aromatic heterocycles. The first-order valence-electron chi connectivity index (χ1n) is 6.99. The Balaban J connectivity index is 1.99. The Morgan fingerprint density at radius 2 is 1.76 bits per heavy atom. The van der Waals surface area contributed by atoms with Gasteiger partial charge in [-0.05, 0) is 36.2 Å². The second-order valence-electron chi connectivity index (χ2n) is 4.70. The lowest BCUT2D eigenvalue weighted by atomic mass is 10.0. The van der Waals surface area contributed by atoms with Crippen LogP contribution in [0.3, 0.4) is 0 Å². The van der Waals surface area contributed by atoms with E-state index in [2.05, 4.69) is 10.6 Å². The maximum absolute atomic E-state index is 12.0. The Morgan fingerprint density at radius 1 is 1.10 bits per heavy atom. The molecule has 2 amide bonds. The van der Waals surface area contributed by atoms with Crippen molar-refractivity contribution in [1.82, 2.24) is 5.32 Å². The van der Waals surface area contributed by atoms with Crippen molar-refractivity contribution in [3.63, 3.8) is 0 Å². The van der Waals surface area contributed by atoms with E-state index in [1.807, 2.05) is 61.5 Å². The van der Waals surface area contributed by atoms with Crippen molar-refractivity contribution in [1.29, 1.82) is 0 Å². The lowest BCUT2D eigenvalue weighted by molar-refractivity contribution is 0.248. The van der Waals surface area contributed by atoms with Gasteiger partial charge in [-0.3, -0.25) is 0 Å². The minimum atomic E-state index is -0.205. The van der Waals surface area contributed by atoms with E-state index in [1.54, 1.807) is 7.11 Å². The third-order valence-electron chi connectivity index (χ3n) is 3.26. The summed E-state index contributed by atoms with van der Waals surface area (Å²) in [6.45, 7) is 2.04. The topological polar surface area (TPSA) is 50.4 Å². The molecule has 0 fully saturated rings. The first-order valence-corrected chi connectivity index (χ1v) is 6.99. The highest BCUT2D eigenvalue weighted by atomic mass is 16.5. The first-order chi connectivity index (χ1) is 10.2. The molecule has 0 radical (unpaired) electrons. The normalized spacial score (nSPS) is 11.5. The predicted molar refractivity (Wildman–Crippen MR) is 84.6 cm³/mol. The summed E-state index contributed by atoms with van der Waals surface area (Å²) < 4.78 is 5.14. The van der Waals surface area contributed by atoms with Crippen LogP contribution in [-0.2, 0) is 0 Å². The number of rotatable bonds is 5. The molecule has 0 aliphatic carbocycles. The highest BCUT2D eigenvalue weighted by Gasteiger charge is 2.12. The molecule has 0 heterocycles. The average Bonchev–Trinajstić information content (AvgIpc) is 2.53. The molecule has 2 N–H and O–H groups in total. The van der Waals surface area contributed by atoms with Crippen LogP contribution >= 0.6 is 0 Å². The Labute approximate surface area is 125 Å². The number of carbonyl (C=O) groups is 1. The van der Waals surface area contributed by atoms with Gasteiger partial charge >= 0.3 is 6.03 Å². The quantitative estimate of drug-likeness (QED) is 0.873. The third-order valence-corrected chi connectivity index (χ3v) is 3.26. The van der Waals surface area contributed by atoms with Gasteiger partial charge in [-0.15, -0.1) is 0 Å². The maximum Gasteiger partial charge on any atom is 0.319 e. The Kier molecular flexibility index (Phi) is 5.21. The number of anilines is 1. The van der Waals surface area contributed by atoms with Gasteiger partial charge in [0.05, 0.1) is 13.2 Å². The second kappa shape index (κ2) is 7.33. The van der Waals surface area contributed by atoms with Crippen LogP contribution in [0.4, 0.5) is 10.5 Å². The van der Waals surface area contributed by atoms with Crippen LogP contribution < -0.4 is 15.4 Å². The summed E-state index contributed by atoms with van der Waals surface area (Å²) in [5, 5.41) is 5.80.